The molecule has 4 aliphatic heterocycles. The number of aromatic nitrogens is 1. The molecule has 2 bridgehead atoms. The minimum absolute atomic E-state index is 0. The van der Waals surface area contributed by atoms with Crippen molar-refractivity contribution in [2.24, 2.45) is 5.92 Å². The summed E-state index contributed by atoms with van der Waals surface area (Å²) in [6, 6.07) is 18.2. The molecule has 0 spiro atoms. The number of carbonyl (C=O) groups is 2. The molecule has 0 unspecified atom stereocenters. The second-order valence-corrected chi connectivity index (χ2v) is 15.2. The molecule has 9 nitrogen and oxygen atoms in total. The molecule has 5 heterocycles. The monoisotopic (exact) mass is 722 g/mol. The fourth-order valence-electron chi connectivity index (χ4n) is 6.75. The topological polar surface area (TPSA) is 114 Å². The predicted molar refractivity (Wildman–Crippen MR) is 172 cm³/mol. The van der Waals surface area contributed by atoms with Gasteiger partial charge in [-0.2, -0.15) is 0 Å². The molecule has 8 rings (SSSR count). The first-order valence-electron chi connectivity index (χ1n) is 15.4. The molecule has 3 fully saturated rings. The zero-order chi connectivity index (χ0) is 31.0. The molecule has 0 atom stereocenters. The van der Waals surface area contributed by atoms with Crippen molar-refractivity contribution in [3.05, 3.63) is 88.9 Å². The molecule has 46 heavy (non-hydrogen) atoms. The van der Waals surface area contributed by atoms with Gasteiger partial charge in [-0.1, -0.05) is 12.1 Å². The van der Waals surface area contributed by atoms with Crippen molar-refractivity contribution in [2.45, 2.75) is 42.0 Å². The Bertz CT molecular complexity index is 1850. The standard InChI is InChI=1S/C34H34N4O5S2.BrH/c39-32(25-8-11-31-29(20-25)37-33(40)28-4-1-2-5-30(28)45(31,41)42)35-21-27-22-36-34(44-27)24-6-9-26(10-7-24)43-19-3-15-38-16-12-23(13-17-38)14-18-38;/h1-2,4-11,20,22-23H,3,12-19,21H2,(H-,35,37,39,40);1H. The van der Waals surface area contributed by atoms with E-state index in [1.165, 1.54) is 91.6 Å². The highest BCUT2D eigenvalue weighted by Gasteiger charge is 2.39. The maximum Gasteiger partial charge on any atom is 0.257 e. The number of amides is 2. The summed E-state index contributed by atoms with van der Waals surface area (Å²) in [6.45, 7) is 6.22. The lowest BCUT2D eigenvalue weighted by Gasteiger charge is -2.49. The van der Waals surface area contributed by atoms with Gasteiger partial charge in [-0.3, -0.25) is 9.59 Å². The molecule has 240 valence electrons. The number of benzene rings is 3. The average molecular weight is 724 g/mol. The first-order valence-corrected chi connectivity index (χ1v) is 17.7. The van der Waals surface area contributed by atoms with Gasteiger partial charge in [0.15, 0.2) is 0 Å². The van der Waals surface area contributed by atoms with Crippen LogP contribution >= 0.6 is 11.3 Å². The van der Waals surface area contributed by atoms with E-state index >= 15 is 0 Å². The molecule has 3 aromatic carbocycles. The highest BCUT2D eigenvalue weighted by molar-refractivity contribution is 7.91. The number of rotatable bonds is 9. The van der Waals surface area contributed by atoms with E-state index in [1.807, 2.05) is 24.3 Å². The number of nitrogens with zero attached hydrogens (tertiary/aromatic N) is 2. The van der Waals surface area contributed by atoms with E-state index in [1.54, 1.807) is 18.3 Å². The lowest BCUT2D eigenvalue weighted by molar-refractivity contribution is -0.942. The lowest BCUT2D eigenvalue weighted by Crippen LogP contribution is -3.00. The number of piperidine rings is 3. The van der Waals surface area contributed by atoms with Crippen molar-refractivity contribution >= 4 is 38.7 Å². The van der Waals surface area contributed by atoms with Crippen LogP contribution in [0.4, 0.5) is 5.69 Å². The molecule has 4 aromatic rings. The number of hydrogen-bond donors (Lipinski definition) is 2. The number of sulfone groups is 1. The number of carbonyl (C=O) groups excluding carboxylic acids is 2. The zero-order valence-corrected chi connectivity index (χ0v) is 28.4. The molecule has 2 amide bonds. The maximum absolute atomic E-state index is 13.2. The smallest absolute Gasteiger partial charge is 0.257 e. The number of nitrogens with one attached hydrogen (secondary N) is 2. The third-order valence-corrected chi connectivity index (χ3v) is 12.3. The summed E-state index contributed by atoms with van der Waals surface area (Å²) in [7, 11) is -3.94. The van der Waals surface area contributed by atoms with Gasteiger partial charge in [-0.25, -0.2) is 13.4 Å². The van der Waals surface area contributed by atoms with E-state index in [0.717, 1.165) is 40.1 Å². The minimum Gasteiger partial charge on any atom is -1.00 e. The van der Waals surface area contributed by atoms with Crippen LogP contribution in [0.25, 0.3) is 10.6 Å². The predicted octanol–water partition coefficient (Wildman–Crippen LogP) is 2.54. The molecule has 1 aromatic heterocycles. The van der Waals surface area contributed by atoms with Crippen LogP contribution in [-0.4, -0.2) is 62.5 Å². The lowest BCUT2D eigenvalue weighted by atomic mass is 9.85. The fraction of sp³-hybridized carbons (Fsp3) is 0.324. The number of ether oxygens (including phenoxy) is 1. The van der Waals surface area contributed by atoms with Crippen LogP contribution in [0.2, 0.25) is 0 Å². The van der Waals surface area contributed by atoms with Gasteiger partial charge in [0, 0.05) is 28.6 Å². The third-order valence-electron chi connectivity index (χ3n) is 9.36. The summed E-state index contributed by atoms with van der Waals surface area (Å²) in [5.41, 5.74) is 1.35. The molecular weight excluding hydrogens is 688 g/mol. The number of anilines is 1. The summed E-state index contributed by atoms with van der Waals surface area (Å²) in [4.78, 5) is 31.0. The van der Waals surface area contributed by atoms with Gasteiger partial charge < -0.3 is 36.8 Å². The molecule has 12 heteroatoms. The van der Waals surface area contributed by atoms with Gasteiger partial charge in [0.1, 0.15) is 10.8 Å². The Kier molecular flexibility index (Phi) is 9.33. The summed E-state index contributed by atoms with van der Waals surface area (Å²) in [5.74, 6) is 0.905. The minimum atomic E-state index is -3.94. The van der Waals surface area contributed by atoms with Crippen LogP contribution in [0.5, 0.6) is 5.75 Å². The Balaban J connectivity index is 0.00000372. The number of halogens is 1. The normalized spacial score (nSPS) is 20.8. The summed E-state index contributed by atoms with van der Waals surface area (Å²) < 4.78 is 33.8. The van der Waals surface area contributed by atoms with Gasteiger partial charge in [-0.05, 0) is 79.8 Å². The van der Waals surface area contributed by atoms with E-state index in [4.69, 9.17) is 4.74 Å². The molecule has 0 saturated carbocycles. The van der Waals surface area contributed by atoms with Crippen molar-refractivity contribution in [1.29, 1.82) is 0 Å². The Morgan fingerprint density at radius 3 is 2.50 bits per heavy atom. The van der Waals surface area contributed by atoms with Crippen molar-refractivity contribution in [2.75, 3.05) is 38.1 Å². The summed E-state index contributed by atoms with van der Waals surface area (Å²) >= 11 is 1.49. The molecule has 4 aliphatic rings. The van der Waals surface area contributed by atoms with Crippen molar-refractivity contribution in [1.82, 2.24) is 10.3 Å². The van der Waals surface area contributed by atoms with Crippen LogP contribution < -0.4 is 32.4 Å². The van der Waals surface area contributed by atoms with Crippen LogP contribution in [0.15, 0.2) is 82.7 Å². The SMILES string of the molecule is O=C(NCc1cnc(-c2ccc(OCCC[N+]34CCC(CC3)CC4)cc2)s1)c1ccc2c(c1)NC(=O)c1ccccc1S2(=O)=O.[Br-]. The first kappa shape index (κ1) is 32.4. The van der Waals surface area contributed by atoms with Gasteiger partial charge in [0.2, 0.25) is 9.84 Å². The van der Waals surface area contributed by atoms with E-state index in [0.29, 0.717) is 0 Å². The molecular formula is C34H35BrN4O5S2. The van der Waals surface area contributed by atoms with Gasteiger partial charge in [0.05, 0.1) is 60.4 Å². The van der Waals surface area contributed by atoms with Crippen molar-refractivity contribution in [3.63, 3.8) is 0 Å². The van der Waals surface area contributed by atoms with Crippen LogP contribution in [0.3, 0.4) is 0 Å². The van der Waals surface area contributed by atoms with Crippen LogP contribution in [0, 0.1) is 5.92 Å². The van der Waals surface area contributed by atoms with E-state index < -0.39 is 21.7 Å². The summed E-state index contributed by atoms with van der Waals surface area (Å²) in [6.07, 6.45) is 7.00. The van der Waals surface area contributed by atoms with Crippen LogP contribution in [0.1, 0.15) is 51.3 Å². The van der Waals surface area contributed by atoms with Gasteiger partial charge >= 0.3 is 0 Å². The van der Waals surface area contributed by atoms with E-state index in [9.17, 15) is 18.0 Å². The molecule has 3 saturated heterocycles. The first-order chi connectivity index (χ1) is 21.8. The third kappa shape index (κ3) is 6.48. The van der Waals surface area contributed by atoms with Crippen molar-refractivity contribution in [3.8, 4) is 16.3 Å². The fourth-order valence-corrected chi connectivity index (χ4v) is 9.20. The van der Waals surface area contributed by atoms with Crippen molar-refractivity contribution < 1.29 is 44.2 Å². The molecule has 0 radical (unpaired) electrons. The Labute approximate surface area is 283 Å². The Morgan fingerprint density at radius 2 is 1.74 bits per heavy atom. The number of quaternary nitrogens is 1. The number of hydrogen-bond acceptors (Lipinski definition) is 7. The summed E-state index contributed by atoms with van der Waals surface area (Å²) in [5, 5.41) is 6.36. The Hall–Kier alpha value is -3.58. The van der Waals surface area contributed by atoms with Gasteiger partial charge in [-0.15, -0.1) is 11.3 Å². The largest absolute Gasteiger partial charge is 1.00 e. The molecule has 0 aliphatic carbocycles. The van der Waals surface area contributed by atoms with E-state index in [2.05, 4.69) is 15.6 Å². The second kappa shape index (κ2) is 13.3. The highest BCUT2D eigenvalue weighted by Crippen LogP contribution is 2.35. The molecule has 2 N–H and O–H groups in total. The second-order valence-electron chi connectivity index (χ2n) is 12.2. The van der Waals surface area contributed by atoms with Gasteiger partial charge in [0.25, 0.3) is 11.8 Å². The zero-order valence-electron chi connectivity index (χ0n) is 25.2. The quantitative estimate of drug-likeness (QED) is 0.203. The maximum atomic E-state index is 13.2. The van der Waals surface area contributed by atoms with E-state index in [-0.39, 0.29) is 50.1 Å². The average Bonchev–Trinajstić information content (AvgIpc) is 3.53. The number of fused-ring (bicyclic) bond motifs is 5. The van der Waals surface area contributed by atoms with Crippen LogP contribution in [-0.2, 0) is 16.4 Å². The Morgan fingerprint density at radius 1 is 1.00 bits per heavy atom. The number of thiazole rings is 1. The highest BCUT2D eigenvalue weighted by atomic mass is 79.9.